The summed E-state index contributed by atoms with van der Waals surface area (Å²) in [5, 5.41) is 18.0. The van der Waals surface area contributed by atoms with Crippen molar-refractivity contribution in [1.29, 1.82) is 10.5 Å². The fourth-order valence-corrected chi connectivity index (χ4v) is 2.52. The van der Waals surface area contributed by atoms with E-state index in [0.717, 1.165) is 24.8 Å². The van der Waals surface area contributed by atoms with Crippen LogP contribution in [-0.2, 0) is 0 Å². The van der Waals surface area contributed by atoms with E-state index in [2.05, 4.69) is 19.1 Å². The zero-order valence-electron chi connectivity index (χ0n) is 10.1. The fourth-order valence-electron chi connectivity index (χ4n) is 2.52. The topological polar surface area (TPSA) is 47.6 Å². The molecule has 1 rings (SSSR count). The first-order valence-corrected chi connectivity index (χ1v) is 6.36. The molecule has 0 aromatic carbocycles. The molecule has 0 spiro atoms. The molecule has 0 aromatic heterocycles. The van der Waals surface area contributed by atoms with E-state index in [4.69, 9.17) is 10.5 Å². The first kappa shape index (κ1) is 12.8. The van der Waals surface area contributed by atoms with Crippen molar-refractivity contribution in [1.82, 2.24) is 0 Å². The average molecular weight is 216 g/mol. The zero-order valence-corrected chi connectivity index (χ0v) is 10.1. The van der Waals surface area contributed by atoms with Gasteiger partial charge in [-0.2, -0.15) is 10.5 Å². The summed E-state index contributed by atoms with van der Waals surface area (Å²) in [4.78, 5) is 0. The lowest BCUT2D eigenvalue weighted by atomic mass is 9.80. The van der Waals surface area contributed by atoms with Crippen LogP contribution >= 0.6 is 0 Å². The van der Waals surface area contributed by atoms with Crippen molar-refractivity contribution in [3.05, 3.63) is 11.1 Å². The van der Waals surface area contributed by atoms with Crippen LogP contribution in [0.3, 0.4) is 0 Å². The maximum Gasteiger partial charge on any atom is 0.129 e. The minimum Gasteiger partial charge on any atom is -0.192 e. The lowest BCUT2D eigenvalue weighted by Gasteiger charge is -2.24. The van der Waals surface area contributed by atoms with Crippen LogP contribution in [0, 0.1) is 28.6 Å². The van der Waals surface area contributed by atoms with Gasteiger partial charge in [-0.15, -0.1) is 0 Å². The average Bonchev–Trinajstić information content (AvgIpc) is 2.35. The highest BCUT2D eigenvalue weighted by Gasteiger charge is 2.20. The molecule has 0 aromatic rings. The van der Waals surface area contributed by atoms with Gasteiger partial charge in [0.1, 0.15) is 17.7 Å². The Hall–Kier alpha value is -1.28. The molecule has 0 atom stereocenters. The van der Waals surface area contributed by atoms with E-state index in [1.807, 2.05) is 0 Å². The van der Waals surface area contributed by atoms with Gasteiger partial charge >= 0.3 is 0 Å². The third-order valence-corrected chi connectivity index (χ3v) is 3.44. The third kappa shape index (κ3) is 3.38. The van der Waals surface area contributed by atoms with Crippen molar-refractivity contribution >= 4 is 0 Å². The van der Waals surface area contributed by atoms with Crippen LogP contribution in [0.4, 0.5) is 0 Å². The van der Waals surface area contributed by atoms with E-state index >= 15 is 0 Å². The highest BCUT2D eigenvalue weighted by Crippen LogP contribution is 2.33. The predicted molar refractivity (Wildman–Crippen MR) is 64.4 cm³/mol. The second-order valence-electron chi connectivity index (χ2n) is 4.56. The van der Waals surface area contributed by atoms with Crippen LogP contribution in [0.1, 0.15) is 58.3 Å². The number of hydrogen-bond acceptors (Lipinski definition) is 2. The minimum absolute atomic E-state index is 0.389. The van der Waals surface area contributed by atoms with E-state index in [1.54, 1.807) is 0 Å². The molecule has 0 radical (unpaired) electrons. The molecule has 1 saturated carbocycles. The van der Waals surface area contributed by atoms with Crippen molar-refractivity contribution in [2.24, 2.45) is 5.92 Å². The molecule has 0 heterocycles. The second kappa shape index (κ2) is 7.07. The van der Waals surface area contributed by atoms with E-state index < -0.39 is 0 Å². The van der Waals surface area contributed by atoms with Gasteiger partial charge in [0.2, 0.25) is 0 Å². The number of nitrogens with zero attached hydrogens (tertiary/aromatic N) is 2. The first-order chi connectivity index (χ1) is 7.83. The quantitative estimate of drug-likeness (QED) is 0.664. The Bertz CT molecular complexity index is 306. The van der Waals surface area contributed by atoms with Gasteiger partial charge in [0, 0.05) is 0 Å². The van der Waals surface area contributed by atoms with Crippen LogP contribution in [0.5, 0.6) is 0 Å². The summed E-state index contributed by atoms with van der Waals surface area (Å²) < 4.78 is 0. The highest BCUT2D eigenvalue weighted by atomic mass is 14.3. The van der Waals surface area contributed by atoms with E-state index in [1.165, 1.54) is 32.1 Å². The molecular weight excluding hydrogens is 196 g/mol. The third-order valence-electron chi connectivity index (χ3n) is 3.44. The molecule has 1 fully saturated rings. The van der Waals surface area contributed by atoms with E-state index in [0.29, 0.717) is 11.5 Å². The normalized spacial score (nSPS) is 16.2. The smallest absolute Gasteiger partial charge is 0.129 e. The van der Waals surface area contributed by atoms with Gasteiger partial charge in [-0.1, -0.05) is 32.6 Å². The monoisotopic (exact) mass is 216 g/mol. The Balaban J connectivity index is 2.82. The van der Waals surface area contributed by atoms with Crippen LogP contribution < -0.4 is 0 Å². The number of allylic oxidation sites excluding steroid dienone is 2. The predicted octanol–water partition coefficient (Wildman–Crippen LogP) is 4.10. The molecule has 0 N–H and O–H groups in total. The Labute approximate surface area is 98.6 Å². The molecule has 1 aliphatic rings. The Morgan fingerprint density at radius 3 is 2.25 bits per heavy atom. The molecule has 2 nitrogen and oxygen atoms in total. The standard InChI is InChI=1S/C14H20N2/c1-2-3-9-14(13(10-15)11-16)12-7-5-4-6-8-12/h12H,2-9H2,1H3. The molecule has 1 aliphatic carbocycles. The van der Waals surface area contributed by atoms with E-state index in [-0.39, 0.29) is 0 Å². The van der Waals surface area contributed by atoms with Gasteiger partial charge < -0.3 is 0 Å². The summed E-state index contributed by atoms with van der Waals surface area (Å²) >= 11 is 0. The van der Waals surface area contributed by atoms with Gasteiger partial charge in [0.05, 0.1) is 0 Å². The lowest BCUT2D eigenvalue weighted by Crippen LogP contribution is -2.11. The van der Waals surface area contributed by atoms with Crippen LogP contribution in [0.2, 0.25) is 0 Å². The summed E-state index contributed by atoms with van der Waals surface area (Å²) in [5.41, 5.74) is 1.53. The second-order valence-corrected chi connectivity index (χ2v) is 4.56. The fraction of sp³-hybridized carbons (Fsp3) is 0.714. The summed E-state index contributed by atoms with van der Waals surface area (Å²) in [7, 11) is 0. The van der Waals surface area contributed by atoms with Crippen molar-refractivity contribution in [2.45, 2.75) is 58.3 Å². The molecule has 86 valence electrons. The summed E-state index contributed by atoms with van der Waals surface area (Å²) in [6.45, 7) is 2.15. The van der Waals surface area contributed by atoms with Gasteiger partial charge in [0.25, 0.3) is 0 Å². The number of unbranched alkanes of at least 4 members (excludes halogenated alkanes) is 1. The Morgan fingerprint density at radius 2 is 1.75 bits per heavy atom. The van der Waals surface area contributed by atoms with Gasteiger partial charge in [-0.25, -0.2) is 0 Å². The van der Waals surface area contributed by atoms with Crippen molar-refractivity contribution in [3.63, 3.8) is 0 Å². The maximum absolute atomic E-state index is 9.00. The number of nitriles is 2. The van der Waals surface area contributed by atoms with Gasteiger partial charge in [-0.05, 0) is 37.2 Å². The summed E-state index contributed by atoms with van der Waals surface area (Å²) in [6, 6.07) is 4.15. The first-order valence-electron chi connectivity index (χ1n) is 6.36. The van der Waals surface area contributed by atoms with Crippen molar-refractivity contribution in [3.8, 4) is 12.1 Å². The van der Waals surface area contributed by atoms with Crippen LogP contribution in [-0.4, -0.2) is 0 Å². The summed E-state index contributed by atoms with van der Waals surface area (Å²) in [6.07, 6.45) is 9.33. The zero-order chi connectivity index (χ0) is 11.8. The Morgan fingerprint density at radius 1 is 1.12 bits per heavy atom. The molecule has 0 bridgehead atoms. The Kier molecular flexibility index (Phi) is 5.65. The van der Waals surface area contributed by atoms with E-state index in [9.17, 15) is 0 Å². The van der Waals surface area contributed by atoms with Crippen molar-refractivity contribution < 1.29 is 0 Å². The molecule has 16 heavy (non-hydrogen) atoms. The molecule has 0 saturated heterocycles. The lowest BCUT2D eigenvalue weighted by molar-refractivity contribution is 0.392. The van der Waals surface area contributed by atoms with Crippen LogP contribution in [0.25, 0.3) is 0 Å². The molecule has 0 amide bonds. The maximum atomic E-state index is 9.00. The van der Waals surface area contributed by atoms with Gasteiger partial charge in [-0.3, -0.25) is 0 Å². The van der Waals surface area contributed by atoms with Crippen LogP contribution in [0.15, 0.2) is 11.1 Å². The SMILES string of the molecule is CCCCC(=C(C#N)C#N)C1CCCCC1. The highest BCUT2D eigenvalue weighted by molar-refractivity contribution is 5.41. The van der Waals surface area contributed by atoms with Crippen molar-refractivity contribution in [2.75, 3.05) is 0 Å². The van der Waals surface area contributed by atoms with Gasteiger partial charge in [0.15, 0.2) is 0 Å². The molecule has 0 aliphatic heterocycles. The molecule has 0 unspecified atom stereocenters. The summed E-state index contributed by atoms with van der Waals surface area (Å²) in [5.74, 6) is 0.509. The largest absolute Gasteiger partial charge is 0.192 e. The minimum atomic E-state index is 0.389. The molecule has 2 heteroatoms. The molecular formula is C14H20N2. The number of hydrogen-bond donors (Lipinski definition) is 0. The number of rotatable bonds is 4.